The second-order valence-corrected chi connectivity index (χ2v) is 8.38. The van der Waals surface area contributed by atoms with Gasteiger partial charge >= 0.3 is 0 Å². The smallest absolute Gasteiger partial charge is 0.291 e. The SMILES string of the molecule is CCOc1ccc(C2c3c(oc4ccc(F)cc4c3=O)C(=O)N2CC2CCCO2)cc1OCC. The molecule has 2 aromatic carbocycles. The Morgan fingerprint density at radius 3 is 2.59 bits per heavy atom. The molecule has 8 heteroatoms. The number of nitrogens with zero attached hydrogens (tertiary/aromatic N) is 1. The highest BCUT2D eigenvalue weighted by Crippen LogP contribution is 2.41. The van der Waals surface area contributed by atoms with Crippen molar-refractivity contribution in [2.24, 2.45) is 0 Å². The number of benzene rings is 2. The van der Waals surface area contributed by atoms with Gasteiger partial charge in [0.25, 0.3) is 5.91 Å². The van der Waals surface area contributed by atoms with E-state index in [0.717, 1.165) is 18.9 Å². The van der Waals surface area contributed by atoms with Crippen molar-refractivity contribution in [3.8, 4) is 11.5 Å². The molecular formula is C26H26FNO6. The normalized spacial score (nSPS) is 19.6. The molecule has 1 aromatic heterocycles. The summed E-state index contributed by atoms with van der Waals surface area (Å²) in [6.07, 6.45) is 1.62. The summed E-state index contributed by atoms with van der Waals surface area (Å²) in [5, 5.41) is 0.103. The monoisotopic (exact) mass is 467 g/mol. The molecule has 0 bridgehead atoms. The number of hydrogen-bond acceptors (Lipinski definition) is 6. The predicted octanol–water partition coefficient (Wildman–Crippen LogP) is 4.45. The second kappa shape index (κ2) is 9.10. The Labute approximate surface area is 196 Å². The largest absolute Gasteiger partial charge is 0.490 e. The molecular weight excluding hydrogens is 441 g/mol. The van der Waals surface area contributed by atoms with Crippen LogP contribution < -0.4 is 14.9 Å². The van der Waals surface area contributed by atoms with Gasteiger partial charge in [-0.1, -0.05) is 6.07 Å². The fourth-order valence-electron chi connectivity index (χ4n) is 4.77. The van der Waals surface area contributed by atoms with Crippen molar-refractivity contribution < 1.29 is 27.8 Å². The Balaban J connectivity index is 1.69. The molecule has 7 nitrogen and oxygen atoms in total. The first-order valence-electron chi connectivity index (χ1n) is 11.6. The quantitative estimate of drug-likeness (QED) is 0.511. The van der Waals surface area contributed by atoms with Gasteiger partial charge < -0.3 is 23.5 Å². The Kier molecular flexibility index (Phi) is 6.00. The van der Waals surface area contributed by atoms with E-state index in [-0.39, 0.29) is 34.3 Å². The molecule has 0 N–H and O–H groups in total. The number of hydrogen-bond donors (Lipinski definition) is 0. The van der Waals surface area contributed by atoms with Crippen LogP contribution in [0.1, 0.15) is 54.4 Å². The molecule has 5 rings (SSSR count). The van der Waals surface area contributed by atoms with Gasteiger partial charge in [-0.15, -0.1) is 0 Å². The molecule has 1 amide bonds. The molecule has 1 fully saturated rings. The third-order valence-electron chi connectivity index (χ3n) is 6.24. The van der Waals surface area contributed by atoms with Crippen LogP contribution in [0.25, 0.3) is 11.0 Å². The van der Waals surface area contributed by atoms with Crippen LogP contribution in [-0.2, 0) is 4.74 Å². The molecule has 2 unspecified atom stereocenters. The summed E-state index contributed by atoms with van der Waals surface area (Å²) < 4.78 is 37.1. The van der Waals surface area contributed by atoms with Crippen LogP contribution in [0.5, 0.6) is 11.5 Å². The first-order valence-corrected chi connectivity index (χ1v) is 11.6. The lowest BCUT2D eigenvalue weighted by Crippen LogP contribution is -2.36. The van der Waals surface area contributed by atoms with E-state index in [0.29, 0.717) is 43.4 Å². The molecule has 2 atom stereocenters. The third-order valence-corrected chi connectivity index (χ3v) is 6.24. The molecule has 2 aliphatic rings. The molecule has 0 aliphatic carbocycles. The Morgan fingerprint density at radius 2 is 1.85 bits per heavy atom. The van der Waals surface area contributed by atoms with Crippen molar-refractivity contribution in [3.05, 3.63) is 69.3 Å². The molecule has 0 radical (unpaired) electrons. The number of carbonyl (C=O) groups is 1. The zero-order valence-electron chi connectivity index (χ0n) is 19.1. The molecule has 1 saturated heterocycles. The van der Waals surface area contributed by atoms with Crippen LogP contribution in [0.15, 0.2) is 45.6 Å². The second-order valence-electron chi connectivity index (χ2n) is 8.38. The molecule has 0 saturated carbocycles. The van der Waals surface area contributed by atoms with E-state index in [4.69, 9.17) is 18.6 Å². The van der Waals surface area contributed by atoms with E-state index < -0.39 is 17.3 Å². The zero-order chi connectivity index (χ0) is 23.8. The Bertz CT molecular complexity index is 1300. The van der Waals surface area contributed by atoms with Crippen molar-refractivity contribution in [2.75, 3.05) is 26.4 Å². The van der Waals surface area contributed by atoms with Crippen molar-refractivity contribution in [1.82, 2.24) is 4.90 Å². The van der Waals surface area contributed by atoms with Crippen molar-refractivity contribution in [2.45, 2.75) is 38.8 Å². The molecule has 178 valence electrons. The lowest BCUT2D eigenvalue weighted by Gasteiger charge is -2.28. The molecule has 3 aromatic rings. The summed E-state index contributed by atoms with van der Waals surface area (Å²) in [5.41, 5.74) is 0.640. The maximum atomic E-state index is 14.0. The Hall–Kier alpha value is -3.39. The summed E-state index contributed by atoms with van der Waals surface area (Å²) in [5.74, 6) is 0.160. The van der Waals surface area contributed by atoms with Gasteiger partial charge in [-0.05, 0) is 62.6 Å². The highest BCUT2D eigenvalue weighted by atomic mass is 19.1. The summed E-state index contributed by atoms with van der Waals surface area (Å²) in [6, 6.07) is 8.40. The van der Waals surface area contributed by atoms with Crippen LogP contribution in [-0.4, -0.2) is 43.3 Å². The van der Waals surface area contributed by atoms with E-state index in [1.165, 1.54) is 12.1 Å². The van der Waals surface area contributed by atoms with Crippen molar-refractivity contribution >= 4 is 16.9 Å². The van der Waals surface area contributed by atoms with E-state index in [1.807, 2.05) is 19.9 Å². The molecule has 0 spiro atoms. The summed E-state index contributed by atoms with van der Waals surface area (Å²) in [6.45, 7) is 5.60. The van der Waals surface area contributed by atoms with E-state index in [2.05, 4.69) is 0 Å². The van der Waals surface area contributed by atoms with Crippen LogP contribution in [0.3, 0.4) is 0 Å². The van der Waals surface area contributed by atoms with Crippen LogP contribution in [0.2, 0.25) is 0 Å². The van der Waals surface area contributed by atoms with Gasteiger partial charge in [-0.2, -0.15) is 0 Å². The van der Waals surface area contributed by atoms with E-state index in [1.54, 1.807) is 17.0 Å². The highest BCUT2D eigenvalue weighted by molar-refractivity contribution is 5.99. The van der Waals surface area contributed by atoms with E-state index in [9.17, 15) is 14.0 Å². The summed E-state index contributed by atoms with van der Waals surface area (Å²) >= 11 is 0. The van der Waals surface area contributed by atoms with Crippen LogP contribution >= 0.6 is 0 Å². The maximum absolute atomic E-state index is 14.0. The zero-order valence-corrected chi connectivity index (χ0v) is 19.1. The lowest BCUT2D eigenvalue weighted by atomic mass is 9.97. The summed E-state index contributed by atoms with van der Waals surface area (Å²) in [4.78, 5) is 28.7. The number of amides is 1. The fourth-order valence-corrected chi connectivity index (χ4v) is 4.77. The van der Waals surface area contributed by atoms with Gasteiger partial charge in [-0.3, -0.25) is 9.59 Å². The average Bonchev–Trinajstić information content (AvgIpc) is 3.43. The average molecular weight is 467 g/mol. The van der Waals surface area contributed by atoms with Gasteiger partial charge in [0, 0.05) is 13.2 Å². The minimum atomic E-state index is -0.717. The first-order chi connectivity index (χ1) is 16.5. The van der Waals surface area contributed by atoms with Gasteiger partial charge in [-0.25, -0.2) is 4.39 Å². The van der Waals surface area contributed by atoms with Crippen LogP contribution in [0, 0.1) is 5.82 Å². The van der Waals surface area contributed by atoms with Crippen LogP contribution in [0.4, 0.5) is 4.39 Å². The number of halogens is 1. The van der Waals surface area contributed by atoms with Crippen molar-refractivity contribution in [1.29, 1.82) is 0 Å². The minimum absolute atomic E-state index is 0.0149. The topological polar surface area (TPSA) is 78.2 Å². The fraction of sp³-hybridized carbons (Fsp3) is 0.385. The minimum Gasteiger partial charge on any atom is -0.490 e. The molecule has 34 heavy (non-hydrogen) atoms. The number of ether oxygens (including phenoxy) is 3. The van der Waals surface area contributed by atoms with Crippen molar-refractivity contribution in [3.63, 3.8) is 0 Å². The highest BCUT2D eigenvalue weighted by Gasteiger charge is 2.44. The molecule has 3 heterocycles. The van der Waals surface area contributed by atoms with Gasteiger partial charge in [0.05, 0.1) is 36.3 Å². The summed E-state index contributed by atoms with van der Waals surface area (Å²) in [7, 11) is 0. The number of carbonyl (C=O) groups excluding carboxylic acids is 1. The predicted molar refractivity (Wildman–Crippen MR) is 123 cm³/mol. The number of rotatable bonds is 7. The third kappa shape index (κ3) is 3.81. The van der Waals surface area contributed by atoms with Gasteiger partial charge in [0.2, 0.25) is 5.76 Å². The van der Waals surface area contributed by atoms with Gasteiger partial charge in [0.1, 0.15) is 11.4 Å². The van der Waals surface area contributed by atoms with Gasteiger partial charge in [0.15, 0.2) is 16.9 Å². The molecule has 2 aliphatic heterocycles. The van der Waals surface area contributed by atoms with E-state index >= 15 is 0 Å². The maximum Gasteiger partial charge on any atom is 0.291 e. The first kappa shape index (κ1) is 22.4. The lowest BCUT2D eigenvalue weighted by molar-refractivity contribution is 0.0486. The number of fused-ring (bicyclic) bond motifs is 2. The standard InChI is InChI=1S/C26H26FNO6/c1-3-31-20-9-7-15(12-21(20)32-4-2)23-22-24(29)18-13-16(27)8-10-19(18)34-25(22)26(30)28(23)14-17-6-5-11-33-17/h7-10,12-13,17,23H,3-6,11,14H2,1-2H3. The Morgan fingerprint density at radius 1 is 1.06 bits per heavy atom.